The molecule has 0 spiro atoms. The molecule has 0 radical (unpaired) electrons. The maximum absolute atomic E-state index is 14.6. The highest BCUT2D eigenvalue weighted by Crippen LogP contribution is 2.41. The Balaban J connectivity index is 2.45. The molecule has 1 aromatic carbocycles. The molecule has 2 aromatic heterocycles. The van der Waals surface area contributed by atoms with Crippen LogP contribution in [0.5, 0.6) is 17.9 Å². The predicted molar refractivity (Wildman–Crippen MR) is 99.8 cm³/mol. The van der Waals surface area contributed by atoms with Crippen molar-refractivity contribution < 1.29 is 36.2 Å². The molecule has 1 unspecified atom stereocenters. The van der Waals surface area contributed by atoms with Crippen molar-refractivity contribution in [1.29, 1.82) is 0 Å². The summed E-state index contributed by atoms with van der Waals surface area (Å²) < 4.78 is 77.0. The van der Waals surface area contributed by atoms with Crippen molar-refractivity contribution >= 4 is 20.9 Å². The fourth-order valence-corrected chi connectivity index (χ4v) is 4.35. The molecule has 9 nitrogen and oxygen atoms in total. The lowest BCUT2D eigenvalue weighted by atomic mass is 10.1. The van der Waals surface area contributed by atoms with Gasteiger partial charge in [-0.15, -0.1) is 11.6 Å². The van der Waals surface area contributed by atoms with E-state index in [9.17, 15) is 26.7 Å². The van der Waals surface area contributed by atoms with E-state index in [0.29, 0.717) is 6.08 Å². The zero-order valence-corrected chi connectivity index (χ0v) is 16.4. The molecule has 0 amide bonds. The lowest BCUT2D eigenvalue weighted by molar-refractivity contribution is 0.154. The topological polar surface area (TPSA) is 116 Å². The second-order valence-corrected chi connectivity index (χ2v) is 7.75. The summed E-state index contributed by atoms with van der Waals surface area (Å²) in [7, 11) is -2.55. The third kappa shape index (κ3) is 3.30. The number of ether oxygens (including phenoxy) is 2. The van der Waals surface area contributed by atoms with Gasteiger partial charge in [0.05, 0.1) is 19.8 Å². The number of alkyl halides is 2. The van der Waals surface area contributed by atoms with Crippen LogP contribution in [0.25, 0.3) is 22.3 Å². The Hall–Kier alpha value is -3.35. The van der Waals surface area contributed by atoms with Gasteiger partial charge in [-0.05, 0) is 6.07 Å². The molecule has 0 saturated carbocycles. The van der Waals surface area contributed by atoms with Crippen LogP contribution >= 0.6 is 0 Å². The van der Waals surface area contributed by atoms with Crippen LogP contribution in [0.15, 0.2) is 30.9 Å². The number of hydrogen-bond donors (Lipinski definition) is 1. The molecule has 3 aromatic rings. The van der Waals surface area contributed by atoms with Crippen LogP contribution in [0.3, 0.4) is 0 Å². The van der Waals surface area contributed by atoms with E-state index in [0.717, 1.165) is 6.07 Å². The van der Waals surface area contributed by atoms with Gasteiger partial charge in [0.25, 0.3) is 16.4 Å². The highest BCUT2D eigenvalue weighted by atomic mass is 32.2. The Morgan fingerprint density at radius 1 is 1.17 bits per heavy atom. The molecule has 30 heavy (non-hydrogen) atoms. The number of rotatable bonds is 7. The smallest absolute Gasteiger partial charge is 0.322 e. The summed E-state index contributed by atoms with van der Waals surface area (Å²) in [5.74, 6) is -2.48. The van der Waals surface area contributed by atoms with Gasteiger partial charge in [-0.25, -0.2) is 25.6 Å². The highest BCUT2D eigenvalue weighted by Gasteiger charge is 2.38. The number of para-hydroxylation sites is 1. The number of methoxy groups -OCH3 is 2. The minimum atomic E-state index is -5.02. The lowest BCUT2D eigenvalue weighted by Crippen LogP contribution is -2.31. The quantitative estimate of drug-likeness (QED) is 0.552. The molecular formula is C17H15F3N4O5S. The average Bonchev–Trinajstić information content (AvgIpc) is 3.01. The van der Waals surface area contributed by atoms with E-state index in [1.54, 1.807) is 0 Å². The van der Waals surface area contributed by atoms with Gasteiger partial charge in [-0.2, -0.15) is 9.97 Å². The summed E-state index contributed by atoms with van der Waals surface area (Å²) in [4.78, 5) is 11.6. The molecule has 0 aliphatic carbocycles. The van der Waals surface area contributed by atoms with Crippen LogP contribution in [0.4, 0.5) is 13.2 Å². The van der Waals surface area contributed by atoms with Gasteiger partial charge < -0.3 is 14.6 Å². The van der Waals surface area contributed by atoms with Crippen molar-refractivity contribution in [3.8, 4) is 29.3 Å². The van der Waals surface area contributed by atoms with Crippen LogP contribution in [0.2, 0.25) is 0 Å². The van der Waals surface area contributed by atoms with Crippen LogP contribution in [-0.2, 0) is 10.0 Å². The van der Waals surface area contributed by atoms with Gasteiger partial charge in [-0.1, -0.05) is 18.2 Å². The first-order valence-corrected chi connectivity index (χ1v) is 9.69. The van der Waals surface area contributed by atoms with Crippen LogP contribution < -0.4 is 9.47 Å². The van der Waals surface area contributed by atoms with Crippen molar-refractivity contribution in [3.05, 3.63) is 36.7 Å². The van der Waals surface area contributed by atoms with Gasteiger partial charge in [0, 0.05) is 5.39 Å². The molecule has 13 heteroatoms. The van der Waals surface area contributed by atoms with E-state index in [4.69, 9.17) is 9.47 Å². The van der Waals surface area contributed by atoms with Crippen LogP contribution in [-0.4, -0.2) is 58.3 Å². The molecule has 1 atom stereocenters. The lowest BCUT2D eigenvalue weighted by Gasteiger charge is -2.15. The minimum absolute atomic E-state index is 0.0915. The molecule has 1 N–H and O–H groups in total. The fourth-order valence-electron chi connectivity index (χ4n) is 2.83. The van der Waals surface area contributed by atoms with Crippen LogP contribution in [0.1, 0.15) is 0 Å². The SMILES string of the molecule is C=CC(C(F)F)S(=O)(=O)n1c(O)c(-c2nc(OC)nc(OC)n2)c2cccc(F)c21. The molecule has 0 bridgehead atoms. The van der Waals surface area contributed by atoms with E-state index in [1.807, 2.05) is 0 Å². The number of fused-ring (bicyclic) bond motifs is 1. The maximum Gasteiger partial charge on any atom is 0.322 e. The van der Waals surface area contributed by atoms with E-state index in [-0.39, 0.29) is 32.8 Å². The zero-order valence-electron chi connectivity index (χ0n) is 15.6. The molecule has 0 fully saturated rings. The first kappa shape index (κ1) is 21.4. The monoisotopic (exact) mass is 444 g/mol. The predicted octanol–water partition coefficient (Wildman–Crippen LogP) is 2.35. The summed E-state index contributed by atoms with van der Waals surface area (Å²) in [5.41, 5.74) is -1.00. The number of hydrogen-bond acceptors (Lipinski definition) is 8. The van der Waals surface area contributed by atoms with E-state index >= 15 is 0 Å². The second kappa shape index (κ2) is 7.82. The summed E-state index contributed by atoms with van der Waals surface area (Å²) in [5, 5.41) is 8.18. The summed E-state index contributed by atoms with van der Waals surface area (Å²) in [6.07, 6.45) is -2.88. The summed E-state index contributed by atoms with van der Waals surface area (Å²) in [6, 6.07) is 2.94. The number of aromatic hydroxyl groups is 1. The molecule has 0 aliphatic heterocycles. The van der Waals surface area contributed by atoms with Gasteiger partial charge in [0.2, 0.25) is 5.88 Å². The van der Waals surface area contributed by atoms with Crippen LogP contribution in [0, 0.1) is 5.82 Å². The Morgan fingerprint density at radius 2 is 1.77 bits per heavy atom. The average molecular weight is 444 g/mol. The summed E-state index contributed by atoms with van der Waals surface area (Å²) in [6.45, 7) is 3.10. The van der Waals surface area contributed by atoms with Gasteiger partial charge in [-0.3, -0.25) is 0 Å². The normalized spacial score (nSPS) is 12.9. The first-order chi connectivity index (χ1) is 14.2. The van der Waals surface area contributed by atoms with Gasteiger partial charge in [0.15, 0.2) is 11.1 Å². The number of benzene rings is 1. The van der Waals surface area contributed by atoms with Crippen molar-refractivity contribution in [2.24, 2.45) is 0 Å². The largest absolute Gasteiger partial charge is 0.493 e. The molecular weight excluding hydrogens is 429 g/mol. The number of halogens is 3. The Labute approximate surface area is 168 Å². The Morgan fingerprint density at radius 3 is 2.27 bits per heavy atom. The second-order valence-electron chi connectivity index (χ2n) is 5.81. The molecule has 0 saturated heterocycles. The van der Waals surface area contributed by atoms with Crippen molar-refractivity contribution in [1.82, 2.24) is 18.9 Å². The zero-order chi connectivity index (χ0) is 22.2. The Kier molecular flexibility index (Phi) is 5.57. The molecule has 3 rings (SSSR count). The Bertz CT molecular complexity index is 1210. The third-order valence-corrected chi connectivity index (χ3v) is 6.09. The molecule has 160 valence electrons. The van der Waals surface area contributed by atoms with E-state index < -0.39 is 38.9 Å². The highest BCUT2D eigenvalue weighted by molar-refractivity contribution is 7.91. The van der Waals surface area contributed by atoms with Crippen molar-refractivity contribution in [2.75, 3.05) is 14.2 Å². The number of nitrogens with zero attached hydrogens (tertiary/aromatic N) is 4. The first-order valence-electron chi connectivity index (χ1n) is 8.18. The molecule has 2 heterocycles. The van der Waals surface area contributed by atoms with Crippen molar-refractivity contribution in [3.63, 3.8) is 0 Å². The maximum atomic E-state index is 14.6. The standard InChI is InChI=1S/C17H15F3N4O5S/c1-4-10(13(19)20)30(26,27)24-12-8(6-5-7-9(12)18)11(15(24)25)14-21-16(28-2)23-17(22-14)29-3/h4-7,10,13,25H,1H2,2-3H3. The number of aromatic nitrogens is 4. The fraction of sp³-hybridized carbons (Fsp3) is 0.235. The third-order valence-electron chi connectivity index (χ3n) is 4.14. The van der Waals surface area contributed by atoms with Crippen molar-refractivity contribution in [2.45, 2.75) is 11.7 Å². The minimum Gasteiger partial charge on any atom is -0.493 e. The molecule has 0 aliphatic rings. The van der Waals surface area contributed by atoms with Gasteiger partial charge in [0.1, 0.15) is 11.3 Å². The van der Waals surface area contributed by atoms with E-state index in [1.165, 1.54) is 26.4 Å². The van der Waals surface area contributed by atoms with E-state index in [2.05, 4.69) is 21.5 Å². The summed E-state index contributed by atoms with van der Waals surface area (Å²) >= 11 is 0. The van der Waals surface area contributed by atoms with Gasteiger partial charge >= 0.3 is 12.0 Å².